The van der Waals surface area contributed by atoms with Gasteiger partial charge in [-0.05, 0) is 30.2 Å². The van der Waals surface area contributed by atoms with Crippen molar-refractivity contribution >= 4 is 34.3 Å². The maximum Gasteiger partial charge on any atom is 0.419 e. The van der Waals surface area contributed by atoms with Gasteiger partial charge in [-0.2, -0.15) is 5.10 Å². The van der Waals surface area contributed by atoms with Crippen LogP contribution in [0.25, 0.3) is 16.7 Å². The molecule has 11 nitrogen and oxygen atoms in total. The molecule has 2 N–H and O–H groups in total. The van der Waals surface area contributed by atoms with Crippen LogP contribution in [0.1, 0.15) is 49.4 Å². The van der Waals surface area contributed by atoms with Gasteiger partial charge in [0.2, 0.25) is 0 Å². The number of hydrogen-bond acceptors (Lipinski definition) is 7. The second-order valence-electron chi connectivity index (χ2n) is 8.56. The number of nitrogens with zero attached hydrogens (tertiary/aromatic N) is 4. The number of amides is 2. The van der Waals surface area contributed by atoms with E-state index in [1.165, 1.54) is 17.6 Å². The Labute approximate surface area is 213 Å². The van der Waals surface area contributed by atoms with Crippen LogP contribution in [0.5, 0.6) is 0 Å². The van der Waals surface area contributed by atoms with Gasteiger partial charge in [-0.15, -0.1) is 0 Å². The van der Waals surface area contributed by atoms with Crippen LogP contribution < -0.4 is 16.4 Å². The second kappa shape index (κ2) is 9.73. The molecule has 2 aromatic carbocycles. The lowest BCUT2D eigenvalue weighted by Gasteiger charge is -2.11. The minimum absolute atomic E-state index is 0.0304. The minimum atomic E-state index is -0.804. The van der Waals surface area contributed by atoms with E-state index in [4.69, 9.17) is 4.42 Å². The molecule has 0 fully saturated rings. The zero-order valence-corrected chi connectivity index (χ0v) is 20.3. The van der Waals surface area contributed by atoms with Crippen LogP contribution in [-0.4, -0.2) is 36.8 Å². The van der Waals surface area contributed by atoms with Gasteiger partial charge >= 0.3 is 5.76 Å². The Kier molecular flexibility index (Phi) is 6.29. The number of aromatic nitrogens is 4. The highest BCUT2D eigenvalue weighted by atomic mass is 19.1. The van der Waals surface area contributed by atoms with Crippen molar-refractivity contribution < 1.29 is 23.2 Å². The van der Waals surface area contributed by atoms with Gasteiger partial charge in [0.15, 0.2) is 22.8 Å². The van der Waals surface area contributed by atoms with Gasteiger partial charge in [-0.3, -0.25) is 19.0 Å². The van der Waals surface area contributed by atoms with E-state index in [0.717, 1.165) is 10.7 Å². The molecule has 0 spiro atoms. The Hall–Kier alpha value is -5.13. The number of halogens is 1. The average Bonchev–Trinajstić information content (AvgIpc) is 3.43. The number of Topliss-reactive ketones (excluding diaryl/α,β-unsaturated/α-hetero) is 1. The molecule has 3 aromatic heterocycles. The molecule has 0 radical (unpaired) electrons. The van der Waals surface area contributed by atoms with Crippen molar-refractivity contribution in [3.8, 4) is 0 Å². The monoisotopic (exact) mass is 516 g/mol. The number of oxazole rings is 1. The van der Waals surface area contributed by atoms with Gasteiger partial charge in [0.1, 0.15) is 11.4 Å². The molecule has 0 aliphatic heterocycles. The summed E-state index contributed by atoms with van der Waals surface area (Å²) in [6, 6.07) is 13.1. The molecule has 3 heterocycles. The van der Waals surface area contributed by atoms with Crippen LogP contribution in [0, 0.1) is 5.82 Å². The molecule has 2 amide bonds. The van der Waals surface area contributed by atoms with Crippen molar-refractivity contribution in [2.45, 2.75) is 20.0 Å². The Balaban J connectivity index is 1.38. The summed E-state index contributed by atoms with van der Waals surface area (Å²) in [6.07, 6.45) is 0.899. The number of rotatable bonds is 7. The molecule has 0 saturated carbocycles. The second-order valence-corrected chi connectivity index (χ2v) is 8.56. The van der Waals surface area contributed by atoms with E-state index in [1.54, 1.807) is 49.5 Å². The van der Waals surface area contributed by atoms with Crippen molar-refractivity contribution in [3.63, 3.8) is 0 Å². The summed E-state index contributed by atoms with van der Waals surface area (Å²) in [6.45, 7) is 1.54. The molecular formula is C26H21FN6O5. The molecule has 38 heavy (non-hydrogen) atoms. The third-order valence-electron chi connectivity index (χ3n) is 6.04. The van der Waals surface area contributed by atoms with Crippen LogP contribution in [0.2, 0.25) is 0 Å². The maximum atomic E-state index is 14.4. The van der Waals surface area contributed by atoms with Gasteiger partial charge in [0.05, 0.1) is 11.7 Å². The Morgan fingerprint density at radius 3 is 2.58 bits per heavy atom. The topological polar surface area (TPSA) is 141 Å². The van der Waals surface area contributed by atoms with Crippen molar-refractivity contribution in [2.24, 2.45) is 7.05 Å². The molecule has 0 atom stereocenters. The lowest BCUT2D eigenvalue weighted by Crippen LogP contribution is -2.29. The van der Waals surface area contributed by atoms with E-state index in [9.17, 15) is 23.6 Å². The third kappa shape index (κ3) is 4.54. The molecule has 0 aliphatic carbocycles. The lowest BCUT2D eigenvalue weighted by atomic mass is 10.0. The van der Waals surface area contributed by atoms with Crippen molar-refractivity contribution in [1.29, 1.82) is 0 Å². The van der Waals surface area contributed by atoms with Crippen LogP contribution >= 0.6 is 0 Å². The lowest BCUT2D eigenvalue weighted by molar-refractivity contribution is 0.0938. The van der Waals surface area contributed by atoms with E-state index >= 15 is 0 Å². The summed E-state index contributed by atoms with van der Waals surface area (Å²) in [7, 11) is 1.57. The SMILES string of the molecule is CC(=O)c1ccccc1CNC(=O)c1cc(C(=O)NCc2ccc3oc(=O)n(C)c3c2)nc2c(F)cnn12. The normalized spacial score (nSPS) is 11.1. The Morgan fingerprint density at radius 2 is 1.79 bits per heavy atom. The van der Waals surface area contributed by atoms with E-state index < -0.39 is 23.4 Å². The first-order valence-corrected chi connectivity index (χ1v) is 11.5. The number of carbonyl (C=O) groups excluding carboxylic acids is 3. The smallest absolute Gasteiger partial charge is 0.408 e. The summed E-state index contributed by atoms with van der Waals surface area (Å²) < 4.78 is 21.8. The molecule has 12 heteroatoms. The van der Waals surface area contributed by atoms with Gasteiger partial charge in [-0.25, -0.2) is 18.7 Å². The fourth-order valence-corrected chi connectivity index (χ4v) is 4.05. The molecule has 0 unspecified atom stereocenters. The molecule has 5 rings (SSSR count). The number of hydrogen-bond donors (Lipinski definition) is 2. The fourth-order valence-electron chi connectivity index (χ4n) is 4.05. The zero-order valence-electron chi connectivity index (χ0n) is 20.3. The predicted octanol–water partition coefficient (Wildman–Crippen LogP) is 2.38. The summed E-state index contributed by atoms with van der Waals surface area (Å²) >= 11 is 0. The van der Waals surface area contributed by atoms with Crippen LogP contribution in [0.4, 0.5) is 4.39 Å². The molecule has 5 aromatic rings. The number of carbonyl (C=O) groups is 3. The fraction of sp³-hybridized carbons (Fsp3) is 0.154. The molecule has 0 bridgehead atoms. The number of nitrogens with one attached hydrogen (secondary N) is 2. The van der Waals surface area contributed by atoms with Crippen LogP contribution in [-0.2, 0) is 20.1 Å². The quantitative estimate of drug-likeness (QED) is 0.317. The molecule has 0 aliphatic rings. The number of benzene rings is 2. The highest BCUT2D eigenvalue weighted by Gasteiger charge is 2.20. The van der Waals surface area contributed by atoms with Gasteiger partial charge in [-0.1, -0.05) is 30.3 Å². The summed E-state index contributed by atoms with van der Waals surface area (Å²) in [5, 5.41) is 9.24. The summed E-state index contributed by atoms with van der Waals surface area (Å²) in [5.41, 5.74) is 2.14. The van der Waals surface area contributed by atoms with Crippen LogP contribution in [0.3, 0.4) is 0 Å². The van der Waals surface area contributed by atoms with Gasteiger partial charge < -0.3 is 15.1 Å². The number of fused-ring (bicyclic) bond motifs is 2. The minimum Gasteiger partial charge on any atom is -0.408 e. The average molecular weight is 516 g/mol. The number of ketones is 1. The maximum absolute atomic E-state index is 14.4. The summed E-state index contributed by atoms with van der Waals surface area (Å²) in [5.74, 6) is -2.74. The van der Waals surface area contributed by atoms with Crippen molar-refractivity contribution in [2.75, 3.05) is 0 Å². The molecule has 0 saturated heterocycles. The van der Waals surface area contributed by atoms with E-state index in [-0.39, 0.29) is 35.9 Å². The highest BCUT2D eigenvalue weighted by molar-refractivity contribution is 5.99. The Bertz CT molecular complexity index is 1800. The first kappa shape index (κ1) is 24.6. The number of aryl methyl sites for hydroxylation is 1. The Morgan fingerprint density at radius 1 is 1.03 bits per heavy atom. The van der Waals surface area contributed by atoms with Gasteiger partial charge in [0, 0.05) is 31.8 Å². The van der Waals surface area contributed by atoms with Gasteiger partial charge in [0.25, 0.3) is 11.8 Å². The first-order chi connectivity index (χ1) is 18.2. The third-order valence-corrected chi connectivity index (χ3v) is 6.04. The van der Waals surface area contributed by atoms with E-state index in [1.807, 2.05) is 0 Å². The highest BCUT2D eigenvalue weighted by Crippen LogP contribution is 2.16. The predicted molar refractivity (Wildman–Crippen MR) is 133 cm³/mol. The summed E-state index contributed by atoms with van der Waals surface area (Å²) in [4.78, 5) is 53.6. The standard InChI is InChI=1S/C26H21FN6O5/c1-14(34)17-6-4-3-5-16(17)12-29-25(36)21-10-19(31-23-18(27)13-30-33(21)23)24(35)28-11-15-7-8-22-20(9-15)32(2)26(37)38-22/h3-10,13H,11-12H2,1-2H3,(H,28,35)(H,29,36). The molecular weight excluding hydrogens is 495 g/mol. The van der Waals surface area contributed by atoms with Crippen molar-refractivity contribution in [1.82, 2.24) is 29.8 Å². The largest absolute Gasteiger partial charge is 0.419 e. The van der Waals surface area contributed by atoms with Crippen LogP contribution in [0.15, 0.2) is 63.9 Å². The van der Waals surface area contributed by atoms with Crippen molar-refractivity contribution in [3.05, 3.63) is 99.2 Å². The van der Waals surface area contributed by atoms with E-state index in [2.05, 4.69) is 20.7 Å². The van der Waals surface area contributed by atoms with E-state index in [0.29, 0.717) is 27.8 Å². The first-order valence-electron chi connectivity index (χ1n) is 11.5. The zero-order chi connectivity index (χ0) is 27.0. The molecule has 192 valence electrons.